The van der Waals surface area contributed by atoms with Gasteiger partial charge in [0.15, 0.2) is 17.0 Å². The summed E-state index contributed by atoms with van der Waals surface area (Å²) >= 11 is 0. The Labute approximate surface area is 143 Å². The Morgan fingerprint density at radius 1 is 0.880 bits per heavy atom. The number of carbonyl (C=O) groups excluding carboxylic acids is 2. The fourth-order valence-electron chi connectivity index (χ4n) is 1.96. The van der Waals surface area contributed by atoms with Gasteiger partial charge in [0.05, 0.1) is 10.9 Å². The van der Waals surface area contributed by atoms with Gasteiger partial charge < -0.3 is 14.6 Å². The molecular weight excluding hydrogens is 324 g/mol. The molecule has 1 heterocycles. The molecule has 0 radical (unpaired) electrons. The Hall–Kier alpha value is -3.41. The predicted octanol–water partition coefficient (Wildman–Crippen LogP) is 3.04. The lowest BCUT2D eigenvalue weighted by Crippen LogP contribution is -2.04. The molecule has 0 aliphatic heterocycles. The molecule has 0 atom stereocenters. The number of hydrogen-bond donors (Lipinski definition) is 2. The zero-order valence-corrected chi connectivity index (χ0v) is 13.6. The van der Waals surface area contributed by atoms with Crippen LogP contribution in [0.4, 0.5) is 0 Å². The summed E-state index contributed by atoms with van der Waals surface area (Å²) in [6.07, 6.45) is 1.36. The summed E-state index contributed by atoms with van der Waals surface area (Å²) in [5, 5.41) is 19.0. The second kappa shape index (κ2) is 7.44. The van der Waals surface area contributed by atoms with Gasteiger partial charge in [0.2, 0.25) is 0 Å². The number of carbonyl (C=O) groups is 2. The van der Waals surface area contributed by atoms with Gasteiger partial charge in [-0.1, -0.05) is 12.1 Å². The van der Waals surface area contributed by atoms with Crippen molar-refractivity contribution in [1.29, 1.82) is 0 Å². The maximum absolute atomic E-state index is 12.3. The molecule has 0 aliphatic rings. The molecule has 25 heavy (non-hydrogen) atoms. The number of fused-ring (bicyclic) bond motifs is 1. The van der Waals surface area contributed by atoms with Crippen molar-refractivity contribution in [2.75, 3.05) is 0 Å². The summed E-state index contributed by atoms with van der Waals surface area (Å²) in [5.41, 5.74) is 1.25. The van der Waals surface area contributed by atoms with Crippen LogP contribution in [-0.4, -0.2) is 21.8 Å². The molecule has 0 amide bonds. The van der Waals surface area contributed by atoms with Gasteiger partial charge in [-0.15, -0.1) is 0 Å². The highest BCUT2D eigenvalue weighted by Gasteiger charge is 2.09. The van der Waals surface area contributed by atoms with Gasteiger partial charge in [-0.3, -0.25) is 14.4 Å². The first-order valence-electron chi connectivity index (χ1n) is 7.35. The maximum Gasteiger partial charge on any atom is 0.200 e. The second-order valence-electron chi connectivity index (χ2n) is 5.32. The molecule has 6 heteroatoms. The van der Waals surface area contributed by atoms with Crippen molar-refractivity contribution < 1.29 is 24.2 Å². The molecule has 3 aromatic rings. The van der Waals surface area contributed by atoms with Crippen LogP contribution in [0.1, 0.15) is 13.8 Å². The minimum Gasteiger partial charge on any atom is -0.508 e. The van der Waals surface area contributed by atoms with Crippen molar-refractivity contribution in [3.05, 3.63) is 59.0 Å². The summed E-state index contributed by atoms with van der Waals surface area (Å²) in [7, 11) is 0. The van der Waals surface area contributed by atoms with E-state index in [0.29, 0.717) is 22.1 Å². The van der Waals surface area contributed by atoms with E-state index in [1.165, 1.54) is 50.4 Å². The van der Waals surface area contributed by atoms with E-state index in [1.807, 2.05) is 0 Å². The monoisotopic (exact) mass is 340 g/mol. The third-order valence-corrected chi connectivity index (χ3v) is 3.43. The van der Waals surface area contributed by atoms with Crippen LogP contribution in [0.3, 0.4) is 0 Å². The maximum atomic E-state index is 12.3. The standard InChI is InChI=1S/C15H10O4.C4H6O2/c16-10-3-1-9(2-4-10)13-8-19-14-7-11(17)5-6-12(14)15(13)18;1-3(5)4(2)6/h1-8,16-17H;1-2H3. The molecule has 128 valence electrons. The molecule has 2 aromatic carbocycles. The van der Waals surface area contributed by atoms with Gasteiger partial charge in [0, 0.05) is 19.9 Å². The smallest absolute Gasteiger partial charge is 0.200 e. The summed E-state index contributed by atoms with van der Waals surface area (Å²) in [5.74, 6) is -0.572. The first kappa shape index (κ1) is 17.9. The third kappa shape index (κ3) is 4.32. The van der Waals surface area contributed by atoms with Crippen LogP contribution in [0, 0.1) is 0 Å². The quantitative estimate of drug-likeness (QED) is 0.695. The van der Waals surface area contributed by atoms with E-state index in [1.54, 1.807) is 12.1 Å². The van der Waals surface area contributed by atoms with Crippen LogP contribution in [0.25, 0.3) is 22.1 Å². The highest BCUT2D eigenvalue weighted by molar-refractivity contribution is 6.35. The van der Waals surface area contributed by atoms with E-state index in [9.17, 15) is 24.6 Å². The van der Waals surface area contributed by atoms with E-state index in [0.717, 1.165) is 0 Å². The highest BCUT2D eigenvalue weighted by Crippen LogP contribution is 2.23. The van der Waals surface area contributed by atoms with Gasteiger partial charge >= 0.3 is 0 Å². The molecular formula is C19H16O6. The van der Waals surface area contributed by atoms with Gasteiger partial charge in [0.25, 0.3) is 0 Å². The lowest BCUT2D eigenvalue weighted by atomic mass is 10.1. The number of benzene rings is 2. The summed E-state index contributed by atoms with van der Waals surface area (Å²) in [4.78, 5) is 31.9. The van der Waals surface area contributed by atoms with Crippen molar-refractivity contribution in [1.82, 2.24) is 0 Å². The van der Waals surface area contributed by atoms with Gasteiger partial charge in [-0.25, -0.2) is 0 Å². The van der Waals surface area contributed by atoms with Gasteiger partial charge in [-0.2, -0.15) is 0 Å². The molecule has 3 rings (SSSR count). The number of hydrogen-bond acceptors (Lipinski definition) is 6. The normalized spacial score (nSPS) is 10.0. The molecule has 1 aromatic heterocycles. The molecule has 0 spiro atoms. The average Bonchev–Trinajstić information content (AvgIpc) is 2.56. The van der Waals surface area contributed by atoms with Crippen LogP contribution in [0.5, 0.6) is 11.5 Å². The molecule has 6 nitrogen and oxygen atoms in total. The zero-order valence-electron chi connectivity index (χ0n) is 13.6. The predicted molar refractivity (Wildman–Crippen MR) is 92.6 cm³/mol. The van der Waals surface area contributed by atoms with Gasteiger partial charge in [0.1, 0.15) is 23.3 Å². The number of phenols is 2. The SMILES string of the molecule is CC(=O)C(C)=O.O=c1c(-c2ccc(O)cc2)coc2cc(O)ccc12. The first-order valence-corrected chi connectivity index (χ1v) is 7.35. The van der Waals surface area contributed by atoms with Crippen molar-refractivity contribution in [2.45, 2.75) is 13.8 Å². The summed E-state index contributed by atoms with van der Waals surface area (Å²) in [6.45, 7) is 2.50. The number of aromatic hydroxyl groups is 2. The van der Waals surface area contributed by atoms with Crippen molar-refractivity contribution >= 4 is 22.5 Å². The van der Waals surface area contributed by atoms with Crippen LogP contribution >= 0.6 is 0 Å². The molecule has 2 N–H and O–H groups in total. The van der Waals surface area contributed by atoms with Crippen LogP contribution in [0.15, 0.2) is 57.9 Å². The van der Waals surface area contributed by atoms with Crippen molar-refractivity contribution in [3.8, 4) is 22.6 Å². The number of Topliss-reactive ketones (excluding diaryl/α,β-unsaturated/α-hetero) is 2. The van der Waals surface area contributed by atoms with Crippen molar-refractivity contribution in [3.63, 3.8) is 0 Å². The molecule has 0 saturated heterocycles. The topological polar surface area (TPSA) is 105 Å². The zero-order chi connectivity index (χ0) is 18.6. The Balaban J connectivity index is 0.000000326. The molecule has 0 aliphatic carbocycles. The largest absolute Gasteiger partial charge is 0.508 e. The van der Waals surface area contributed by atoms with Crippen LogP contribution in [-0.2, 0) is 9.59 Å². The minimum atomic E-state index is -0.380. The Kier molecular flexibility index (Phi) is 5.34. The summed E-state index contributed by atoms with van der Waals surface area (Å²) < 4.78 is 5.37. The molecule has 0 fully saturated rings. The fraction of sp³-hybridized carbons (Fsp3) is 0.105. The van der Waals surface area contributed by atoms with Crippen LogP contribution < -0.4 is 5.43 Å². The van der Waals surface area contributed by atoms with Gasteiger partial charge in [-0.05, 0) is 29.8 Å². The minimum absolute atomic E-state index is 0.0491. The molecule has 0 saturated carbocycles. The van der Waals surface area contributed by atoms with Crippen molar-refractivity contribution in [2.24, 2.45) is 0 Å². The molecule has 0 unspecified atom stereocenters. The molecule has 0 bridgehead atoms. The lowest BCUT2D eigenvalue weighted by Gasteiger charge is -2.03. The van der Waals surface area contributed by atoms with E-state index in [-0.39, 0.29) is 28.5 Å². The fourth-order valence-corrected chi connectivity index (χ4v) is 1.96. The first-order chi connectivity index (χ1) is 11.8. The van der Waals surface area contributed by atoms with E-state index >= 15 is 0 Å². The Bertz CT molecular complexity index is 971. The number of phenolic OH excluding ortho intramolecular Hbond substituents is 2. The number of ketones is 2. The lowest BCUT2D eigenvalue weighted by molar-refractivity contribution is -0.134. The average molecular weight is 340 g/mol. The van der Waals surface area contributed by atoms with E-state index in [2.05, 4.69) is 0 Å². The highest BCUT2D eigenvalue weighted by atomic mass is 16.3. The van der Waals surface area contributed by atoms with Crippen LogP contribution in [0.2, 0.25) is 0 Å². The summed E-state index contributed by atoms with van der Waals surface area (Å²) in [6, 6.07) is 10.7. The van der Waals surface area contributed by atoms with E-state index in [4.69, 9.17) is 4.42 Å². The Morgan fingerprint density at radius 2 is 1.44 bits per heavy atom. The number of rotatable bonds is 2. The van der Waals surface area contributed by atoms with E-state index < -0.39 is 0 Å². The third-order valence-electron chi connectivity index (χ3n) is 3.43. The second-order valence-corrected chi connectivity index (χ2v) is 5.32. The Morgan fingerprint density at radius 3 is 2.00 bits per heavy atom.